The van der Waals surface area contributed by atoms with Crippen LogP contribution in [-0.4, -0.2) is 44.2 Å². The number of benzene rings is 1. The van der Waals surface area contributed by atoms with Crippen molar-refractivity contribution in [2.45, 2.75) is 20.4 Å². The van der Waals surface area contributed by atoms with Crippen LogP contribution in [-0.2, 0) is 16.1 Å². The number of carbonyl (C=O) groups is 2. The van der Waals surface area contributed by atoms with E-state index in [0.29, 0.717) is 17.3 Å². The highest BCUT2D eigenvalue weighted by molar-refractivity contribution is 6.32. The molecule has 1 aromatic heterocycles. The average Bonchev–Trinajstić information content (AvgIpc) is 2.58. The zero-order chi connectivity index (χ0) is 18.8. The lowest BCUT2D eigenvalue weighted by molar-refractivity contribution is -0.159. The third kappa shape index (κ3) is 7.93. The maximum Gasteiger partial charge on any atom is 0.414 e. The molecule has 2 rings (SSSR count). The number of nitrogens with zero attached hydrogens (tertiary/aromatic N) is 2. The summed E-state index contributed by atoms with van der Waals surface area (Å²) in [6.07, 6.45) is 1.80. The predicted octanol–water partition coefficient (Wildman–Crippen LogP) is 2.19. The zero-order valence-corrected chi connectivity index (χ0v) is 15.1. The van der Waals surface area contributed by atoms with Crippen LogP contribution in [0.15, 0.2) is 42.6 Å². The van der Waals surface area contributed by atoms with Crippen molar-refractivity contribution in [2.24, 2.45) is 0 Å². The molecule has 1 aromatic carbocycles. The third-order valence-electron chi connectivity index (χ3n) is 3.04. The van der Waals surface area contributed by atoms with Gasteiger partial charge in [0.2, 0.25) is 0 Å². The van der Waals surface area contributed by atoms with E-state index in [1.54, 1.807) is 6.20 Å². The van der Waals surface area contributed by atoms with E-state index in [0.717, 1.165) is 17.8 Å². The summed E-state index contributed by atoms with van der Waals surface area (Å²) in [5.74, 6) is -2.98. The fraction of sp³-hybridized carbons (Fsp3) is 0.235. The molecule has 4 N–H and O–H groups in total. The summed E-state index contributed by atoms with van der Waals surface area (Å²) < 4.78 is 0. The topological polar surface area (TPSA) is 131 Å². The van der Waals surface area contributed by atoms with E-state index in [4.69, 9.17) is 36.2 Å². The van der Waals surface area contributed by atoms with Gasteiger partial charge < -0.3 is 20.5 Å². The summed E-state index contributed by atoms with van der Waals surface area (Å²) in [5, 5.41) is 17.2. The highest BCUT2D eigenvalue weighted by Gasteiger charge is 2.10. The quantitative estimate of drug-likeness (QED) is 0.596. The molecule has 26 heavy (non-hydrogen) atoms. The molecule has 8 nitrogen and oxygen atoms in total. The molecule has 0 spiro atoms. The van der Waals surface area contributed by atoms with Crippen molar-refractivity contribution < 1.29 is 30.1 Å². The molecule has 9 heteroatoms. The summed E-state index contributed by atoms with van der Waals surface area (Å²) in [4.78, 5) is 28.4. The van der Waals surface area contributed by atoms with Gasteiger partial charge in [0, 0.05) is 12.7 Å². The molecule has 0 saturated carbocycles. The molecule has 0 bridgehead atoms. The van der Waals surface area contributed by atoms with Crippen LogP contribution >= 0.6 is 11.6 Å². The fourth-order valence-corrected chi connectivity index (χ4v) is 1.89. The Morgan fingerprint density at radius 1 is 1.15 bits per heavy atom. The van der Waals surface area contributed by atoms with Gasteiger partial charge in [0.05, 0.1) is 17.3 Å². The Balaban J connectivity index is 0.000000777. The first-order valence-corrected chi connectivity index (χ1v) is 7.77. The van der Waals surface area contributed by atoms with Crippen molar-refractivity contribution in [1.82, 2.24) is 10.0 Å². The van der Waals surface area contributed by atoms with E-state index >= 15 is 0 Å². The number of hydrogen-bond acceptors (Lipinski definition) is 5. The molecule has 0 aliphatic heterocycles. The first kappa shape index (κ1) is 23.3. The average molecular weight is 385 g/mol. The van der Waals surface area contributed by atoms with Gasteiger partial charge in [-0.15, -0.1) is 5.06 Å². The van der Waals surface area contributed by atoms with E-state index in [1.807, 2.05) is 55.3 Å². The third-order valence-corrected chi connectivity index (χ3v) is 3.36. The molecule has 0 aliphatic rings. The number of pyridine rings is 1. The number of para-hydroxylation sites is 1. The largest absolute Gasteiger partial charge is 0.473 e. The second-order valence-electron chi connectivity index (χ2n) is 4.86. The molecular weight excluding hydrogens is 364 g/mol. The van der Waals surface area contributed by atoms with Crippen molar-refractivity contribution in [3.05, 3.63) is 58.9 Å². The van der Waals surface area contributed by atoms with Crippen molar-refractivity contribution in [3.63, 3.8) is 0 Å². The lowest BCUT2D eigenvalue weighted by Gasteiger charge is -2.21. The molecule has 0 atom stereocenters. The first-order chi connectivity index (χ1) is 11.8. The monoisotopic (exact) mass is 384 g/mol. The minimum atomic E-state index is -1.82. The molecule has 0 aliphatic carbocycles. The van der Waals surface area contributed by atoms with E-state index in [9.17, 15) is 0 Å². The molecule has 2 aromatic rings. The second-order valence-corrected chi connectivity index (χ2v) is 5.26. The Hall–Kier alpha value is -2.68. The number of carboxylic acid groups (broad SMARTS) is 2. The standard InChI is InChI=1S/C15H17ClN2O.C2H2O4.H2O/c1-3-18(11-14-12(2)7-6-10-17-14)19-15-9-5-4-8-13(15)16;3-1(4)2(5)6;/h4-10H,3,11H2,1-2H3;(H,3,4)(H,5,6);1H2. The number of hydroxylamine groups is 2. The van der Waals surface area contributed by atoms with Crippen LogP contribution in [0.5, 0.6) is 5.75 Å². The number of rotatable bonds is 5. The van der Waals surface area contributed by atoms with Gasteiger partial charge in [0.25, 0.3) is 0 Å². The van der Waals surface area contributed by atoms with E-state index in [1.165, 1.54) is 0 Å². The Labute approximate surface area is 155 Å². The number of aromatic nitrogens is 1. The van der Waals surface area contributed by atoms with Crippen molar-refractivity contribution in [1.29, 1.82) is 0 Å². The molecule has 0 unspecified atom stereocenters. The van der Waals surface area contributed by atoms with Crippen LogP contribution in [0.2, 0.25) is 5.02 Å². The lowest BCUT2D eigenvalue weighted by Crippen LogP contribution is -2.27. The Kier molecular flexibility index (Phi) is 10.6. The minimum absolute atomic E-state index is 0. The maximum atomic E-state index is 9.10. The molecular formula is C17H21ClN2O6. The van der Waals surface area contributed by atoms with Gasteiger partial charge >= 0.3 is 11.9 Å². The van der Waals surface area contributed by atoms with E-state index < -0.39 is 11.9 Å². The molecule has 1 heterocycles. The summed E-state index contributed by atoms with van der Waals surface area (Å²) in [5.41, 5.74) is 2.17. The van der Waals surface area contributed by atoms with Crippen LogP contribution in [0.25, 0.3) is 0 Å². The summed E-state index contributed by atoms with van der Waals surface area (Å²) in [7, 11) is 0. The molecule has 0 fully saturated rings. The summed E-state index contributed by atoms with van der Waals surface area (Å²) in [6, 6.07) is 11.4. The van der Waals surface area contributed by atoms with Gasteiger partial charge in [-0.25, -0.2) is 9.59 Å². The van der Waals surface area contributed by atoms with Gasteiger partial charge in [-0.1, -0.05) is 29.8 Å². The van der Waals surface area contributed by atoms with E-state index in [-0.39, 0.29) is 5.48 Å². The van der Waals surface area contributed by atoms with Gasteiger partial charge in [0.1, 0.15) is 0 Å². The number of carboxylic acids is 2. The minimum Gasteiger partial charge on any atom is -0.473 e. The number of hydrogen-bond donors (Lipinski definition) is 2. The Morgan fingerprint density at radius 3 is 2.27 bits per heavy atom. The first-order valence-electron chi connectivity index (χ1n) is 7.39. The summed E-state index contributed by atoms with van der Waals surface area (Å²) >= 11 is 6.09. The fourth-order valence-electron chi connectivity index (χ4n) is 1.72. The Bertz CT molecular complexity index is 666. The summed E-state index contributed by atoms with van der Waals surface area (Å²) in [6.45, 7) is 5.47. The zero-order valence-electron chi connectivity index (χ0n) is 14.3. The van der Waals surface area contributed by atoms with Crippen LogP contribution in [0.4, 0.5) is 0 Å². The Morgan fingerprint density at radius 2 is 1.77 bits per heavy atom. The van der Waals surface area contributed by atoms with Crippen molar-refractivity contribution >= 4 is 23.5 Å². The van der Waals surface area contributed by atoms with Crippen LogP contribution < -0.4 is 4.84 Å². The smallest absolute Gasteiger partial charge is 0.414 e. The number of aliphatic carboxylic acids is 2. The SMILES string of the molecule is CCN(Cc1ncccc1C)Oc1ccccc1Cl.O.O=C(O)C(=O)O. The second kappa shape index (κ2) is 11.8. The number of aryl methyl sites for hydroxylation is 1. The number of halogens is 1. The highest BCUT2D eigenvalue weighted by atomic mass is 35.5. The predicted molar refractivity (Wildman–Crippen MR) is 96.0 cm³/mol. The van der Waals surface area contributed by atoms with Crippen molar-refractivity contribution in [3.8, 4) is 5.75 Å². The van der Waals surface area contributed by atoms with Crippen molar-refractivity contribution in [2.75, 3.05) is 6.54 Å². The molecule has 142 valence electrons. The molecule has 0 radical (unpaired) electrons. The van der Waals surface area contributed by atoms with Crippen LogP contribution in [0.1, 0.15) is 18.2 Å². The van der Waals surface area contributed by atoms with Gasteiger partial charge in [-0.05, 0) is 37.6 Å². The van der Waals surface area contributed by atoms with E-state index in [2.05, 4.69) is 4.98 Å². The maximum absolute atomic E-state index is 9.10. The normalized spacial score (nSPS) is 9.54. The molecule has 0 saturated heterocycles. The van der Waals surface area contributed by atoms with Gasteiger partial charge in [-0.3, -0.25) is 4.98 Å². The highest BCUT2D eigenvalue weighted by Crippen LogP contribution is 2.24. The van der Waals surface area contributed by atoms with Gasteiger partial charge in [0.15, 0.2) is 5.75 Å². The van der Waals surface area contributed by atoms with Crippen LogP contribution in [0.3, 0.4) is 0 Å². The lowest BCUT2D eigenvalue weighted by atomic mass is 10.2. The van der Waals surface area contributed by atoms with Crippen LogP contribution in [0, 0.1) is 6.92 Å². The van der Waals surface area contributed by atoms with Gasteiger partial charge in [-0.2, -0.15) is 0 Å². The molecule has 0 amide bonds.